The van der Waals surface area contributed by atoms with Crippen LogP contribution in [0.5, 0.6) is 0 Å². The molecule has 0 aliphatic heterocycles. The Morgan fingerprint density at radius 3 is 2.93 bits per heavy atom. The highest BCUT2D eigenvalue weighted by Gasteiger charge is 2.13. The molecule has 0 aliphatic carbocycles. The molecule has 0 atom stereocenters. The van der Waals surface area contributed by atoms with Crippen molar-refractivity contribution in [1.82, 2.24) is 9.38 Å². The van der Waals surface area contributed by atoms with E-state index < -0.39 is 5.91 Å². The van der Waals surface area contributed by atoms with Crippen LogP contribution in [-0.4, -0.2) is 15.3 Å². The summed E-state index contributed by atoms with van der Waals surface area (Å²) in [4.78, 5) is 15.3. The molecule has 2 rings (SSSR count). The van der Waals surface area contributed by atoms with Gasteiger partial charge in [0.15, 0.2) is 0 Å². The number of hydrogen-bond acceptors (Lipinski definition) is 2. The molecule has 2 aromatic heterocycles. The first-order valence-corrected chi connectivity index (χ1v) is 4.41. The molecule has 72 valence electrons. The lowest BCUT2D eigenvalue weighted by Crippen LogP contribution is -2.15. The molecular weight excluding hydrogens is 202 g/mol. The van der Waals surface area contributed by atoms with Crippen molar-refractivity contribution in [3.63, 3.8) is 0 Å². The smallest absolute Gasteiger partial charge is 0.267 e. The monoisotopic (exact) mass is 209 g/mol. The molecule has 0 aromatic carbocycles. The van der Waals surface area contributed by atoms with Gasteiger partial charge in [0, 0.05) is 6.20 Å². The van der Waals surface area contributed by atoms with Crippen LogP contribution in [0.1, 0.15) is 16.2 Å². The maximum Gasteiger partial charge on any atom is 0.267 e. The van der Waals surface area contributed by atoms with Gasteiger partial charge in [-0.15, -0.1) is 0 Å². The maximum absolute atomic E-state index is 11.1. The Kier molecular flexibility index (Phi) is 1.93. The Bertz CT molecular complexity index is 518. The van der Waals surface area contributed by atoms with Crippen LogP contribution in [0, 0.1) is 6.92 Å². The highest BCUT2D eigenvalue weighted by atomic mass is 35.5. The Morgan fingerprint density at radius 1 is 1.57 bits per heavy atom. The van der Waals surface area contributed by atoms with Gasteiger partial charge in [-0.1, -0.05) is 11.6 Å². The molecule has 2 N–H and O–H groups in total. The van der Waals surface area contributed by atoms with Crippen molar-refractivity contribution in [2.75, 3.05) is 0 Å². The molecule has 0 bridgehead atoms. The minimum atomic E-state index is -0.503. The van der Waals surface area contributed by atoms with Gasteiger partial charge in [-0.3, -0.25) is 9.20 Å². The lowest BCUT2D eigenvalue weighted by molar-refractivity contribution is 0.0994. The number of amides is 1. The zero-order chi connectivity index (χ0) is 10.3. The van der Waals surface area contributed by atoms with Crippen LogP contribution in [-0.2, 0) is 0 Å². The van der Waals surface area contributed by atoms with E-state index in [-0.39, 0.29) is 0 Å². The summed E-state index contributed by atoms with van der Waals surface area (Å²) in [6.45, 7) is 1.74. The average Bonchev–Trinajstić information content (AvgIpc) is 2.40. The summed E-state index contributed by atoms with van der Waals surface area (Å²) in [6, 6.07) is 3.45. The van der Waals surface area contributed by atoms with Gasteiger partial charge in [0.25, 0.3) is 5.91 Å². The molecule has 14 heavy (non-hydrogen) atoms. The molecule has 0 saturated carbocycles. The Balaban J connectivity index is 2.86. The van der Waals surface area contributed by atoms with Crippen molar-refractivity contribution in [3.8, 4) is 0 Å². The van der Waals surface area contributed by atoms with Crippen LogP contribution in [0.2, 0.25) is 5.02 Å². The highest BCUT2D eigenvalue weighted by Crippen LogP contribution is 2.15. The number of pyridine rings is 1. The third-order valence-electron chi connectivity index (χ3n) is 1.99. The Labute approximate surface area is 85.3 Å². The van der Waals surface area contributed by atoms with Gasteiger partial charge in [-0.2, -0.15) is 0 Å². The zero-order valence-electron chi connectivity index (χ0n) is 7.49. The van der Waals surface area contributed by atoms with E-state index in [1.165, 1.54) is 0 Å². The number of halogens is 1. The van der Waals surface area contributed by atoms with Crippen molar-refractivity contribution in [2.24, 2.45) is 5.73 Å². The number of nitrogens with two attached hydrogens (primary N) is 1. The van der Waals surface area contributed by atoms with Crippen LogP contribution >= 0.6 is 11.6 Å². The summed E-state index contributed by atoms with van der Waals surface area (Å²) >= 11 is 5.80. The molecular formula is C9H8ClN3O. The quantitative estimate of drug-likeness (QED) is 0.772. The molecule has 0 spiro atoms. The second-order valence-corrected chi connectivity index (χ2v) is 3.42. The van der Waals surface area contributed by atoms with Gasteiger partial charge in [0.05, 0.1) is 10.7 Å². The minimum Gasteiger partial charge on any atom is -0.364 e. The molecule has 0 unspecified atom stereocenters. The molecule has 0 fully saturated rings. The molecule has 0 radical (unpaired) electrons. The number of imidazole rings is 1. The van der Waals surface area contributed by atoms with E-state index in [0.717, 1.165) is 0 Å². The number of hydrogen-bond donors (Lipinski definition) is 1. The predicted molar refractivity (Wildman–Crippen MR) is 53.5 cm³/mol. The fourth-order valence-electron chi connectivity index (χ4n) is 1.43. The molecule has 2 heterocycles. The van der Waals surface area contributed by atoms with E-state index in [4.69, 9.17) is 17.3 Å². The largest absolute Gasteiger partial charge is 0.364 e. The summed E-state index contributed by atoms with van der Waals surface area (Å²) in [5.41, 5.74) is 6.89. The fraction of sp³-hybridized carbons (Fsp3) is 0.111. The van der Waals surface area contributed by atoms with E-state index in [1.54, 1.807) is 29.7 Å². The number of fused-ring (bicyclic) bond motifs is 1. The van der Waals surface area contributed by atoms with Crippen molar-refractivity contribution >= 4 is 23.2 Å². The molecule has 0 saturated heterocycles. The topological polar surface area (TPSA) is 60.4 Å². The van der Waals surface area contributed by atoms with Crippen LogP contribution < -0.4 is 5.73 Å². The number of aromatic nitrogens is 2. The van der Waals surface area contributed by atoms with Crippen molar-refractivity contribution in [3.05, 3.63) is 34.7 Å². The number of nitrogens with zero attached hydrogens (tertiary/aromatic N) is 2. The summed E-state index contributed by atoms with van der Waals surface area (Å²) in [7, 11) is 0. The van der Waals surface area contributed by atoms with Gasteiger partial charge in [0.2, 0.25) is 0 Å². The number of aryl methyl sites for hydroxylation is 1. The van der Waals surface area contributed by atoms with Crippen molar-refractivity contribution < 1.29 is 4.79 Å². The summed E-state index contributed by atoms with van der Waals surface area (Å²) in [5.74, 6) is -0.503. The van der Waals surface area contributed by atoms with Crippen molar-refractivity contribution in [1.29, 1.82) is 0 Å². The summed E-state index contributed by atoms with van der Waals surface area (Å²) < 4.78 is 1.60. The first-order chi connectivity index (χ1) is 6.59. The van der Waals surface area contributed by atoms with E-state index in [2.05, 4.69) is 4.98 Å². The molecule has 1 amide bonds. The lowest BCUT2D eigenvalue weighted by atomic mass is 10.3. The van der Waals surface area contributed by atoms with Crippen LogP contribution in [0.4, 0.5) is 0 Å². The summed E-state index contributed by atoms with van der Waals surface area (Å²) in [6.07, 6.45) is 1.62. The maximum atomic E-state index is 11.1. The normalized spacial score (nSPS) is 10.7. The second kappa shape index (κ2) is 2.99. The number of carbonyl (C=O) groups excluding carboxylic acids is 1. The first kappa shape index (κ1) is 9.02. The molecule has 0 aliphatic rings. The van der Waals surface area contributed by atoms with Gasteiger partial charge >= 0.3 is 0 Å². The lowest BCUT2D eigenvalue weighted by Gasteiger charge is -1.98. The standard InChI is InChI=1S/C9H8ClN3O/c1-5-8(9(11)14)13-4-6(10)2-3-7(13)12-5/h2-4H,1H3,(H2,11,14). The number of rotatable bonds is 1. The molecule has 5 heteroatoms. The molecule has 2 aromatic rings. The van der Waals surface area contributed by atoms with E-state index in [1.807, 2.05) is 0 Å². The van der Waals surface area contributed by atoms with E-state index in [9.17, 15) is 4.79 Å². The molecule has 4 nitrogen and oxygen atoms in total. The average molecular weight is 210 g/mol. The van der Waals surface area contributed by atoms with Crippen LogP contribution in [0.3, 0.4) is 0 Å². The minimum absolute atomic E-state index is 0.377. The number of carbonyl (C=O) groups is 1. The van der Waals surface area contributed by atoms with E-state index >= 15 is 0 Å². The van der Waals surface area contributed by atoms with Crippen LogP contribution in [0.15, 0.2) is 18.3 Å². The fourth-order valence-corrected chi connectivity index (χ4v) is 1.59. The third-order valence-corrected chi connectivity index (χ3v) is 2.21. The zero-order valence-corrected chi connectivity index (χ0v) is 8.25. The highest BCUT2D eigenvalue weighted by molar-refractivity contribution is 6.30. The summed E-state index contributed by atoms with van der Waals surface area (Å²) in [5, 5.41) is 0.539. The first-order valence-electron chi connectivity index (χ1n) is 4.03. The third kappa shape index (κ3) is 1.24. The van der Waals surface area contributed by atoms with Gasteiger partial charge in [-0.25, -0.2) is 4.98 Å². The van der Waals surface area contributed by atoms with E-state index in [0.29, 0.717) is 22.1 Å². The SMILES string of the molecule is Cc1nc2ccc(Cl)cn2c1C(N)=O. The van der Waals surface area contributed by atoms with Gasteiger partial charge in [-0.05, 0) is 19.1 Å². The second-order valence-electron chi connectivity index (χ2n) is 2.99. The van der Waals surface area contributed by atoms with Crippen molar-refractivity contribution in [2.45, 2.75) is 6.92 Å². The van der Waals surface area contributed by atoms with Crippen LogP contribution in [0.25, 0.3) is 5.65 Å². The Hall–Kier alpha value is -1.55. The van der Waals surface area contributed by atoms with Gasteiger partial charge < -0.3 is 5.73 Å². The number of primary amides is 1. The predicted octanol–water partition coefficient (Wildman–Crippen LogP) is 1.40. The Morgan fingerprint density at radius 2 is 2.29 bits per heavy atom. The van der Waals surface area contributed by atoms with Gasteiger partial charge in [0.1, 0.15) is 11.3 Å².